The summed E-state index contributed by atoms with van der Waals surface area (Å²) in [6.07, 6.45) is 13.9. The highest BCUT2D eigenvalue weighted by molar-refractivity contribution is 6.45. The van der Waals surface area contributed by atoms with Crippen LogP contribution in [-0.4, -0.2) is 57.6 Å². The average molecular weight is 437 g/mol. The summed E-state index contributed by atoms with van der Waals surface area (Å²) >= 11 is 0. The molecule has 0 aromatic carbocycles. The van der Waals surface area contributed by atoms with Crippen LogP contribution in [0.2, 0.25) is 6.32 Å². The van der Waals surface area contributed by atoms with Crippen LogP contribution in [-0.2, 0) is 23.6 Å². The van der Waals surface area contributed by atoms with Crippen molar-refractivity contribution in [2.75, 3.05) is 21.3 Å². The van der Waals surface area contributed by atoms with Crippen molar-refractivity contribution < 1.29 is 23.6 Å². The van der Waals surface area contributed by atoms with Crippen LogP contribution in [0.3, 0.4) is 0 Å². The lowest BCUT2D eigenvalue weighted by Crippen LogP contribution is -2.56. The number of unbranched alkanes of at least 4 members (excludes halogenated alkanes) is 1. The van der Waals surface area contributed by atoms with Gasteiger partial charge >= 0.3 is 7.12 Å². The highest BCUT2D eigenvalue weighted by atomic mass is 16.7. The SMILES string of the molecule is CCCCC(C)/C(CCB1O[C@H](C2(OC)CCCC2)[C@@H](C2(OC)CCCC2)O1)=N/OC. The highest BCUT2D eigenvalue weighted by Crippen LogP contribution is 2.48. The van der Waals surface area contributed by atoms with Gasteiger partial charge in [-0.3, -0.25) is 0 Å². The van der Waals surface area contributed by atoms with Gasteiger partial charge in [-0.05, 0) is 50.8 Å². The van der Waals surface area contributed by atoms with Crippen LogP contribution in [0.5, 0.6) is 0 Å². The van der Waals surface area contributed by atoms with E-state index >= 15 is 0 Å². The lowest BCUT2D eigenvalue weighted by molar-refractivity contribution is -0.153. The summed E-state index contributed by atoms with van der Waals surface area (Å²) in [5.41, 5.74) is 0.587. The maximum Gasteiger partial charge on any atom is 0.458 e. The van der Waals surface area contributed by atoms with Crippen LogP contribution < -0.4 is 0 Å². The van der Waals surface area contributed by atoms with Crippen LogP contribution in [0.15, 0.2) is 5.16 Å². The fourth-order valence-corrected chi connectivity index (χ4v) is 6.04. The van der Waals surface area contributed by atoms with E-state index in [1.165, 1.54) is 38.5 Å². The second kappa shape index (κ2) is 11.5. The summed E-state index contributed by atoms with van der Waals surface area (Å²) < 4.78 is 25.6. The number of hydrogen-bond acceptors (Lipinski definition) is 6. The maximum atomic E-state index is 6.66. The van der Waals surface area contributed by atoms with Gasteiger partial charge in [0.1, 0.15) is 7.11 Å². The Kier molecular flexibility index (Phi) is 9.27. The molecule has 3 atom stereocenters. The third kappa shape index (κ3) is 5.48. The largest absolute Gasteiger partial charge is 0.458 e. The number of oxime groups is 1. The van der Waals surface area contributed by atoms with Crippen molar-refractivity contribution >= 4 is 12.8 Å². The zero-order valence-electron chi connectivity index (χ0n) is 20.5. The molecular weight excluding hydrogens is 393 g/mol. The van der Waals surface area contributed by atoms with Gasteiger partial charge in [-0.25, -0.2) is 0 Å². The Bertz CT molecular complexity index is 542. The minimum absolute atomic E-state index is 0.0802. The van der Waals surface area contributed by atoms with Gasteiger partial charge in [0.2, 0.25) is 0 Å². The molecule has 1 heterocycles. The summed E-state index contributed by atoms with van der Waals surface area (Å²) in [5.74, 6) is 0.410. The summed E-state index contributed by atoms with van der Waals surface area (Å²) in [6.45, 7) is 4.47. The number of nitrogens with zero attached hydrogens (tertiary/aromatic N) is 1. The lowest BCUT2D eigenvalue weighted by atomic mass is 9.80. The molecule has 0 aromatic heterocycles. The molecule has 0 amide bonds. The number of methoxy groups -OCH3 is 2. The molecule has 1 unspecified atom stereocenters. The Hall–Kier alpha value is -0.625. The first-order chi connectivity index (χ1) is 15.0. The molecule has 0 aromatic rings. The Labute approximate surface area is 189 Å². The van der Waals surface area contributed by atoms with Gasteiger partial charge in [-0.1, -0.05) is 57.5 Å². The van der Waals surface area contributed by atoms with E-state index in [9.17, 15) is 0 Å². The van der Waals surface area contributed by atoms with Crippen molar-refractivity contribution in [1.82, 2.24) is 0 Å². The van der Waals surface area contributed by atoms with Gasteiger partial charge in [-0.15, -0.1) is 0 Å². The van der Waals surface area contributed by atoms with Crippen molar-refractivity contribution in [3.63, 3.8) is 0 Å². The van der Waals surface area contributed by atoms with Gasteiger partial charge < -0.3 is 23.6 Å². The number of rotatable bonds is 12. The van der Waals surface area contributed by atoms with Crippen LogP contribution >= 0.6 is 0 Å². The Balaban J connectivity index is 1.73. The summed E-state index contributed by atoms with van der Waals surface area (Å²) in [5, 5.41) is 4.35. The molecule has 2 saturated carbocycles. The molecule has 3 fully saturated rings. The van der Waals surface area contributed by atoms with Crippen molar-refractivity contribution in [3.8, 4) is 0 Å². The Morgan fingerprint density at radius 1 is 0.968 bits per heavy atom. The quantitative estimate of drug-likeness (QED) is 0.233. The van der Waals surface area contributed by atoms with Crippen LogP contribution in [0.1, 0.15) is 90.9 Å². The van der Waals surface area contributed by atoms with E-state index in [0.29, 0.717) is 5.92 Å². The van der Waals surface area contributed by atoms with Crippen LogP contribution in [0, 0.1) is 5.92 Å². The van der Waals surface area contributed by atoms with Crippen molar-refractivity contribution in [3.05, 3.63) is 0 Å². The van der Waals surface area contributed by atoms with Crippen molar-refractivity contribution in [1.29, 1.82) is 0 Å². The predicted molar refractivity (Wildman–Crippen MR) is 124 cm³/mol. The molecule has 3 aliphatic rings. The highest BCUT2D eigenvalue weighted by Gasteiger charge is 2.59. The Morgan fingerprint density at radius 2 is 1.48 bits per heavy atom. The molecule has 3 rings (SSSR count). The minimum atomic E-state index is -0.259. The summed E-state index contributed by atoms with van der Waals surface area (Å²) in [7, 11) is 5.06. The third-order valence-electron chi connectivity index (χ3n) is 8.03. The molecule has 0 spiro atoms. The second-order valence-electron chi connectivity index (χ2n) is 9.84. The van der Waals surface area contributed by atoms with Gasteiger partial charge in [0.25, 0.3) is 0 Å². The smallest absolute Gasteiger partial charge is 0.403 e. The van der Waals surface area contributed by atoms with E-state index in [0.717, 1.165) is 50.6 Å². The van der Waals surface area contributed by atoms with E-state index in [1.807, 2.05) is 14.2 Å². The maximum absolute atomic E-state index is 6.66. The normalized spacial score (nSPS) is 28.9. The van der Waals surface area contributed by atoms with Crippen LogP contribution in [0.25, 0.3) is 0 Å². The third-order valence-corrected chi connectivity index (χ3v) is 8.03. The molecule has 31 heavy (non-hydrogen) atoms. The predicted octanol–water partition coefficient (Wildman–Crippen LogP) is 5.40. The van der Waals surface area contributed by atoms with Gasteiger partial charge in [0.05, 0.1) is 29.1 Å². The van der Waals surface area contributed by atoms with Gasteiger partial charge in [0.15, 0.2) is 0 Å². The summed E-state index contributed by atoms with van der Waals surface area (Å²) in [4.78, 5) is 5.16. The standard InChI is InChI=1S/C24H44BNO5/c1-6-7-12-19(2)20(26-29-5)13-18-25-30-21(23(27-3)14-8-9-15-23)22(31-25)24(28-4)16-10-11-17-24/h19,21-22H,6-18H2,1-5H3/b26-20+/t19?,21-,22-/m0/s1. The molecule has 2 aliphatic carbocycles. The molecule has 6 nitrogen and oxygen atoms in total. The van der Waals surface area contributed by atoms with E-state index in [2.05, 4.69) is 19.0 Å². The topological polar surface area (TPSA) is 58.5 Å². The monoisotopic (exact) mass is 437 g/mol. The zero-order chi connectivity index (χ0) is 22.3. The minimum Gasteiger partial charge on any atom is -0.403 e. The first-order valence-electron chi connectivity index (χ1n) is 12.6. The van der Waals surface area contributed by atoms with E-state index in [1.54, 1.807) is 7.11 Å². The first kappa shape index (κ1) is 25.0. The lowest BCUT2D eigenvalue weighted by Gasteiger charge is -2.43. The molecular formula is C24H44BNO5. The number of ether oxygens (including phenoxy) is 2. The van der Waals surface area contributed by atoms with Crippen LogP contribution in [0.4, 0.5) is 0 Å². The fraction of sp³-hybridized carbons (Fsp3) is 0.958. The zero-order valence-corrected chi connectivity index (χ0v) is 20.5. The number of hydrogen-bond donors (Lipinski definition) is 0. The molecule has 1 saturated heterocycles. The van der Waals surface area contributed by atoms with E-state index in [-0.39, 0.29) is 30.5 Å². The Morgan fingerprint density at radius 3 is 1.90 bits per heavy atom. The second-order valence-corrected chi connectivity index (χ2v) is 9.84. The molecule has 178 valence electrons. The van der Waals surface area contributed by atoms with E-state index < -0.39 is 0 Å². The first-order valence-corrected chi connectivity index (χ1v) is 12.6. The van der Waals surface area contributed by atoms with Gasteiger partial charge in [0, 0.05) is 14.2 Å². The molecule has 0 bridgehead atoms. The molecule has 0 radical (unpaired) electrons. The summed E-state index contributed by atoms with van der Waals surface area (Å²) in [6, 6.07) is 0. The molecule has 7 heteroatoms. The molecule has 0 N–H and O–H groups in total. The average Bonchev–Trinajstić information content (AvgIpc) is 3.54. The molecule has 1 aliphatic heterocycles. The van der Waals surface area contributed by atoms with E-state index in [4.69, 9.17) is 23.6 Å². The van der Waals surface area contributed by atoms with Crippen molar-refractivity contribution in [2.24, 2.45) is 11.1 Å². The fourth-order valence-electron chi connectivity index (χ4n) is 6.04. The van der Waals surface area contributed by atoms with Gasteiger partial charge in [-0.2, -0.15) is 0 Å². The van der Waals surface area contributed by atoms with Crippen molar-refractivity contribution in [2.45, 2.75) is 121 Å².